The molecular weight excluding hydrogens is 252 g/mol. The lowest BCUT2D eigenvalue weighted by Crippen LogP contribution is -2.52. The van der Waals surface area contributed by atoms with Gasteiger partial charge in [0.2, 0.25) is 5.91 Å². The molecule has 2 N–H and O–H groups in total. The second-order valence-corrected chi connectivity index (χ2v) is 5.34. The van der Waals surface area contributed by atoms with Gasteiger partial charge in [0.05, 0.1) is 11.2 Å². The molecule has 6 heteroatoms. The lowest BCUT2D eigenvalue weighted by atomic mass is 9.97. The Bertz CT molecular complexity index is 425. The smallest absolute Gasteiger partial charge is 0.329 e. The average Bonchev–Trinajstić information content (AvgIpc) is 2.97. The van der Waals surface area contributed by atoms with Gasteiger partial charge in [0.1, 0.15) is 5.54 Å². The average molecular weight is 268 g/mol. The number of hydrogen-bond acceptors (Lipinski definition) is 4. The fraction of sp³-hybridized carbons (Fsp3) is 0.583. The second kappa shape index (κ2) is 5.48. The first-order chi connectivity index (χ1) is 8.62. The van der Waals surface area contributed by atoms with Gasteiger partial charge >= 0.3 is 5.97 Å². The Kier molecular flexibility index (Phi) is 3.96. The molecule has 0 bridgehead atoms. The van der Waals surface area contributed by atoms with Gasteiger partial charge in [-0.05, 0) is 19.3 Å². The van der Waals surface area contributed by atoms with Gasteiger partial charge in [-0.15, -0.1) is 11.3 Å². The fourth-order valence-corrected chi connectivity index (χ4v) is 2.90. The van der Waals surface area contributed by atoms with E-state index in [1.807, 2.05) is 5.38 Å². The van der Waals surface area contributed by atoms with Crippen molar-refractivity contribution >= 4 is 23.2 Å². The Morgan fingerprint density at radius 1 is 1.44 bits per heavy atom. The number of aromatic nitrogens is 1. The van der Waals surface area contributed by atoms with Gasteiger partial charge in [-0.3, -0.25) is 4.79 Å². The first-order valence-electron chi connectivity index (χ1n) is 6.04. The first-order valence-corrected chi connectivity index (χ1v) is 6.98. The maximum atomic E-state index is 11.8. The number of thiazole rings is 1. The molecule has 0 unspecified atom stereocenters. The summed E-state index contributed by atoms with van der Waals surface area (Å²) in [5.74, 6) is -1.12. The van der Waals surface area contributed by atoms with Crippen molar-refractivity contribution in [1.82, 2.24) is 10.3 Å². The molecule has 0 spiro atoms. The minimum absolute atomic E-state index is 0.202. The molecule has 0 aromatic carbocycles. The van der Waals surface area contributed by atoms with Crippen molar-refractivity contribution in [2.24, 2.45) is 0 Å². The number of nitrogens with zero attached hydrogens (tertiary/aromatic N) is 1. The Morgan fingerprint density at radius 2 is 2.17 bits per heavy atom. The van der Waals surface area contributed by atoms with Gasteiger partial charge in [0, 0.05) is 11.8 Å². The molecule has 98 valence electrons. The number of hydrogen-bond donors (Lipinski definition) is 2. The topological polar surface area (TPSA) is 79.3 Å². The van der Waals surface area contributed by atoms with Gasteiger partial charge in [0.15, 0.2) is 0 Å². The summed E-state index contributed by atoms with van der Waals surface area (Å²) in [5, 5.41) is 13.8. The number of rotatable bonds is 5. The molecule has 2 rings (SSSR count). The Morgan fingerprint density at radius 3 is 2.72 bits per heavy atom. The molecule has 1 aliphatic carbocycles. The van der Waals surface area contributed by atoms with E-state index < -0.39 is 11.5 Å². The number of aliphatic carboxylic acids is 1. The summed E-state index contributed by atoms with van der Waals surface area (Å²) in [5.41, 5.74) is 1.58. The molecule has 1 aliphatic rings. The molecule has 1 amide bonds. The number of carboxylic acid groups (broad SMARTS) is 1. The zero-order chi connectivity index (χ0) is 13.0. The predicted molar refractivity (Wildman–Crippen MR) is 67.4 cm³/mol. The highest BCUT2D eigenvalue weighted by Crippen LogP contribution is 2.30. The Balaban J connectivity index is 1.88. The van der Waals surface area contributed by atoms with Crippen molar-refractivity contribution in [1.29, 1.82) is 0 Å². The van der Waals surface area contributed by atoms with Crippen molar-refractivity contribution in [2.75, 3.05) is 0 Å². The second-order valence-electron chi connectivity index (χ2n) is 4.62. The van der Waals surface area contributed by atoms with Gasteiger partial charge in [0.25, 0.3) is 0 Å². The van der Waals surface area contributed by atoms with Gasteiger partial charge in [-0.2, -0.15) is 0 Å². The van der Waals surface area contributed by atoms with Gasteiger partial charge in [-0.25, -0.2) is 9.78 Å². The number of aryl methyl sites for hydroxylation is 1. The summed E-state index contributed by atoms with van der Waals surface area (Å²) in [6, 6.07) is 0. The van der Waals surface area contributed by atoms with E-state index in [4.69, 9.17) is 0 Å². The van der Waals surface area contributed by atoms with E-state index in [1.54, 1.807) is 5.51 Å². The highest BCUT2D eigenvalue weighted by molar-refractivity contribution is 7.07. The molecule has 1 saturated carbocycles. The Hall–Kier alpha value is -1.43. The molecule has 0 atom stereocenters. The van der Waals surface area contributed by atoms with Crippen LogP contribution in [0.3, 0.4) is 0 Å². The lowest BCUT2D eigenvalue weighted by Gasteiger charge is -2.25. The molecule has 0 saturated heterocycles. The van der Waals surface area contributed by atoms with Crippen LogP contribution in [0.15, 0.2) is 10.9 Å². The Labute approximate surface area is 109 Å². The minimum Gasteiger partial charge on any atom is -0.480 e. The lowest BCUT2D eigenvalue weighted by molar-refractivity contribution is -0.147. The molecular formula is C12H16N2O3S. The van der Waals surface area contributed by atoms with E-state index in [9.17, 15) is 14.7 Å². The third kappa shape index (κ3) is 2.87. The summed E-state index contributed by atoms with van der Waals surface area (Å²) < 4.78 is 0. The van der Waals surface area contributed by atoms with E-state index in [2.05, 4.69) is 10.3 Å². The summed E-state index contributed by atoms with van der Waals surface area (Å²) in [6.45, 7) is 0. The molecule has 0 aliphatic heterocycles. The van der Waals surface area contributed by atoms with E-state index in [0.29, 0.717) is 25.7 Å². The van der Waals surface area contributed by atoms with Crippen molar-refractivity contribution in [3.63, 3.8) is 0 Å². The zero-order valence-corrected chi connectivity index (χ0v) is 10.8. The number of carbonyl (C=O) groups is 2. The molecule has 1 aromatic heterocycles. The number of carbonyl (C=O) groups excluding carboxylic acids is 1. The largest absolute Gasteiger partial charge is 0.480 e. The third-order valence-electron chi connectivity index (χ3n) is 3.34. The van der Waals surface area contributed by atoms with Crippen molar-refractivity contribution < 1.29 is 14.7 Å². The predicted octanol–water partition coefficient (Wildman–Crippen LogP) is 1.59. The first kappa shape index (κ1) is 13.0. The van der Waals surface area contributed by atoms with Gasteiger partial charge in [-0.1, -0.05) is 12.8 Å². The normalized spacial score (nSPS) is 17.6. The van der Waals surface area contributed by atoms with Crippen molar-refractivity contribution in [2.45, 2.75) is 44.1 Å². The van der Waals surface area contributed by atoms with Crippen molar-refractivity contribution in [3.8, 4) is 0 Å². The summed E-state index contributed by atoms with van der Waals surface area (Å²) in [6.07, 6.45) is 3.64. The third-order valence-corrected chi connectivity index (χ3v) is 3.97. The van der Waals surface area contributed by atoms with Crippen LogP contribution in [-0.2, 0) is 16.0 Å². The molecule has 1 fully saturated rings. The van der Waals surface area contributed by atoms with Crippen LogP contribution in [0.25, 0.3) is 0 Å². The molecule has 5 nitrogen and oxygen atoms in total. The number of carboxylic acids is 1. The number of nitrogens with one attached hydrogen (secondary N) is 1. The highest BCUT2D eigenvalue weighted by Gasteiger charge is 2.42. The molecule has 0 radical (unpaired) electrons. The molecule has 18 heavy (non-hydrogen) atoms. The van der Waals surface area contributed by atoms with Crippen LogP contribution in [0, 0.1) is 0 Å². The van der Waals surface area contributed by atoms with Crippen LogP contribution in [0.2, 0.25) is 0 Å². The summed E-state index contributed by atoms with van der Waals surface area (Å²) in [7, 11) is 0. The highest BCUT2D eigenvalue weighted by atomic mass is 32.1. The molecule has 1 aromatic rings. The fourth-order valence-electron chi connectivity index (χ4n) is 2.30. The number of amides is 1. The van der Waals surface area contributed by atoms with Crippen LogP contribution in [0.1, 0.15) is 37.8 Å². The zero-order valence-electron chi connectivity index (χ0n) is 10.0. The van der Waals surface area contributed by atoms with Crippen LogP contribution in [-0.4, -0.2) is 27.5 Å². The quantitative estimate of drug-likeness (QED) is 0.850. The van der Waals surface area contributed by atoms with Crippen LogP contribution in [0.4, 0.5) is 0 Å². The SMILES string of the molecule is O=C(CCc1cscn1)NC1(C(=O)O)CCCC1. The van der Waals surface area contributed by atoms with E-state index in [-0.39, 0.29) is 5.91 Å². The van der Waals surface area contributed by atoms with E-state index >= 15 is 0 Å². The van der Waals surface area contributed by atoms with E-state index in [1.165, 1.54) is 11.3 Å². The summed E-state index contributed by atoms with van der Waals surface area (Å²) >= 11 is 1.49. The molecule has 1 heterocycles. The van der Waals surface area contributed by atoms with Crippen LogP contribution in [0.5, 0.6) is 0 Å². The van der Waals surface area contributed by atoms with Gasteiger partial charge < -0.3 is 10.4 Å². The maximum absolute atomic E-state index is 11.8. The van der Waals surface area contributed by atoms with E-state index in [0.717, 1.165) is 18.5 Å². The van der Waals surface area contributed by atoms with Crippen LogP contribution < -0.4 is 5.32 Å². The minimum atomic E-state index is -1.03. The summed E-state index contributed by atoms with van der Waals surface area (Å²) in [4.78, 5) is 27.2. The standard InChI is InChI=1S/C12H16N2O3S/c15-10(4-3-9-7-18-8-13-9)14-12(11(16)17)5-1-2-6-12/h7-8H,1-6H2,(H,14,15)(H,16,17). The maximum Gasteiger partial charge on any atom is 0.329 e. The van der Waals surface area contributed by atoms with Crippen molar-refractivity contribution in [3.05, 3.63) is 16.6 Å². The van der Waals surface area contributed by atoms with Crippen LogP contribution >= 0.6 is 11.3 Å². The monoisotopic (exact) mass is 268 g/mol.